The van der Waals surface area contributed by atoms with Gasteiger partial charge in [0.25, 0.3) is 19.3 Å². The van der Waals surface area contributed by atoms with Gasteiger partial charge < -0.3 is 63.3 Å². The molecule has 5 amide bonds. The Morgan fingerprint density at radius 1 is 0.500 bits per heavy atom. The van der Waals surface area contributed by atoms with Gasteiger partial charge >= 0.3 is 11.9 Å². The number of rotatable bonds is 26. The maximum Gasteiger partial charge on any atom is 0.312 e. The zero-order valence-corrected chi connectivity index (χ0v) is 71.2. The van der Waals surface area contributed by atoms with Crippen molar-refractivity contribution in [3.63, 3.8) is 0 Å². The Balaban J connectivity index is 0.000000164. The van der Waals surface area contributed by atoms with E-state index in [0.29, 0.717) is 164 Å². The van der Waals surface area contributed by atoms with Crippen LogP contribution in [0.3, 0.4) is 0 Å². The van der Waals surface area contributed by atoms with E-state index >= 15 is 0 Å². The summed E-state index contributed by atoms with van der Waals surface area (Å²) in [6, 6.07) is 13.9. The molecule has 0 spiro atoms. The summed E-state index contributed by atoms with van der Waals surface area (Å²) in [6.45, 7) is 6.73. The van der Waals surface area contributed by atoms with Gasteiger partial charge in [-0.2, -0.15) is 0 Å². The summed E-state index contributed by atoms with van der Waals surface area (Å²) in [5.41, 5.74) is 2.02. The van der Waals surface area contributed by atoms with Gasteiger partial charge in [0, 0.05) is 136 Å². The third-order valence-electron chi connectivity index (χ3n) is 25.2. The van der Waals surface area contributed by atoms with Crippen molar-refractivity contribution >= 4 is 76.3 Å². The lowest BCUT2D eigenvalue weighted by molar-refractivity contribution is -0.169. The number of aromatic nitrogens is 9. The Hall–Kier alpha value is -10.0. The predicted molar refractivity (Wildman–Crippen MR) is 431 cm³/mol. The van der Waals surface area contributed by atoms with E-state index in [1.165, 1.54) is 28.3 Å². The SMILES string of the molecule is COc1ccc(COC(=O)[C@@]2(C)CCCC[C@H]2C(=O)N2CCc3c(Cl)ccc(OCc4nnn(C)c4C(F)F)c3[C@H]2CN2CCCC2=O)c(OC)c1.Cn1nnc(COc2ccc(Cl)c3c2[C@@H](CN2CCCC2=O)N(C(=O)[C@@H]2CCCC[C@]2(C)C(=O)O)CC3)c1C(F)F.Cn1nnc(COc2ccc(Cl)c3c2[C@@H](CN2CCCC2=O)NCC3)c1C(F)F. The Kier molecular flexibility index (Phi) is 28.6. The van der Waals surface area contributed by atoms with Crippen molar-refractivity contribution in [1.82, 2.24) is 74.8 Å². The number of carbonyl (C=O) groups is 7. The summed E-state index contributed by atoms with van der Waals surface area (Å²) in [4.78, 5) is 102. The minimum Gasteiger partial charge on any atom is -0.497 e. The number of halogens is 9. The molecule has 0 radical (unpaired) electrons. The number of carboxylic acid groups (broad SMARTS) is 1. The van der Waals surface area contributed by atoms with Crippen LogP contribution in [0.2, 0.25) is 15.1 Å². The minimum absolute atomic E-state index is 0.0133. The van der Waals surface area contributed by atoms with E-state index in [1.54, 1.807) is 95.2 Å². The molecule has 2 aliphatic carbocycles. The molecule has 3 saturated heterocycles. The van der Waals surface area contributed by atoms with Crippen molar-refractivity contribution in [2.24, 2.45) is 43.8 Å². The Labute approximate surface area is 716 Å². The van der Waals surface area contributed by atoms with Crippen LogP contribution in [0.5, 0.6) is 28.7 Å². The number of nitrogens with one attached hydrogen (secondary N) is 1. The van der Waals surface area contributed by atoms with Crippen LogP contribution in [0.25, 0.3) is 0 Å². The van der Waals surface area contributed by atoms with Crippen molar-refractivity contribution in [2.75, 3.05) is 73.1 Å². The number of aliphatic carboxylic acids is 1. The first kappa shape index (κ1) is 89.7. The van der Waals surface area contributed by atoms with Crippen molar-refractivity contribution in [3.8, 4) is 28.7 Å². The highest BCUT2D eigenvalue weighted by molar-refractivity contribution is 6.32. The fourth-order valence-corrected chi connectivity index (χ4v) is 19.2. The number of alkyl halides is 6. The van der Waals surface area contributed by atoms with Crippen molar-refractivity contribution in [2.45, 2.75) is 187 Å². The summed E-state index contributed by atoms with van der Waals surface area (Å²) in [5.74, 6) is -0.911. The van der Waals surface area contributed by atoms with Gasteiger partial charge in [-0.1, -0.05) is 76.1 Å². The number of esters is 1. The van der Waals surface area contributed by atoms with Crippen LogP contribution < -0.4 is 29.0 Å². The lowest BCUT2D eigenvalue weighted by atomic mass is 9.66. The second-order valence-corrected chi connectivity index (χ2v) is 33.6. The fourth-order valence-electron chi connectivity index (χ4n) is 18.5. The lowest BCUT2D eigenvalue weighted by Gasteiger charge is -2.45. The fraction of sp³-hybridized carbons (Fsp3) is 0.560. The molecular formula is C84H100Cl3F6N15O14. The average molecular weight is 1760 g/mol. The average Bonchev–Trinajstić information content (AvgIpc) is 0.792. The normalized spacial score (nSPS) is 22.0. The van der Waals surface area contributed by atoms with E-state index in [-0.39, 0.29) is 109 Å². The molecule has 658 valence electrons. The standard InChI is InChI=1S/C37H44ClF2N5O7.C28H34ClF2N5O5.C19H22ClF2N5O2/c1-37(36(48)52-20-22-10-11-23(49-3)18-30(22)50-4)15-6-5-8-25(37)35(47)45-17-14-24-26(38)12-13-29(32(24)28(45)19-44-16-7-9-31(44)46)51-21-27-33(34(39)40)43(2)42-41-27;1-28(27(39)40)11-4-3-6-17(28)26(38)36-13-10-16-18(29)8-9-21(23(16)20(36)14-35-12-5-7-22(35)37)41-15-19-24(25(30)31)34(2)33-32-19;1-26-18(19(21)22)14(24-25-26)10-29-15-5-4-12(20)11-6-7-23-13(17(11)15)9-27-8-2-3-16(27)28/h10-13,18,25,28,34H,5-9,14-17,19-21H2,1-4H3;8-9,17,20,25H,3-7,10-15H2,1-2H3,(H,39,40);4-5,13,19,23H,2-3,6-10H2,1H3/t25-,28+,37-;17-,20+,28-;13-/m001/s1. The van der Waals surface area contributed by atoms with E-state index < -0.39 is 66.0 Å². The van der Waals surface area contributed by atoms with E-state index in [1.807, 2.05) is 4.90 Å². The molecule has 4 aromatic carbocycles. The zero-order chi connectivity index (χ0) is 87.2. The van der Waals surface area contributed by atoms with Gasteiger partial charge in [-0.15, -0.1) is 15.3 Å². The monoisotopic (exact) mass is 1760 g/mol. The third-order valence-corrected chi connectivity index (χ3v) is 26.2. The van der Waals surface area contributed by atoms with Gasteiger partial charge in [0.05, 0.1) is 55.0 Å². The number of carboxylic acids is 1. The topological polar surface area (TPSA) is 315 Å². The maximum atomic E-state index is 14.9. The number of hydrogen-bond donors (Lipinski definition) is 2. The van der Waals surface area contributed by atoms with E-state index in [2.05, 4.69) is 36.3 Å². The number of fused-ring (bicyclic) bond motifs is 3. The number of likely N-dealkylation sites (tertiary alicyclic amines) is 3. The van der Waals surface area contributed by atoms with E-state index in [4.69, 9.17) is 63.2 Å². The largest absolute Gasteiger partial charge is 0.497 e. The van der Waals surface area contributed by atoms with Crippen molar-refractivity contribution in [1.29, 1.82) is 0 Å². The maximum absolute atomic E-state index is 14.9. The highest BCUT2D eigenvalue weighted by atomic mass is 35.5. The van der Waals surface area contributed by atoms with Gasteiger partial charge in [-0.25, -0.2) is 40.4 Å². The van der Waals surface area contributed by atoms with Crippen LogP contribution in [-0.2, 0) is 105 Å². The number of benzene rings is 4. The Bertz CT molecular complexity index is 5040. The smallest absolute Gasteiger partial charge is 0.312 e. The van der Waals surface area contributed by atoms with Gasteiger partial charge in [0.2, 0.25) is 29.5 Å². The molecule has 29 nitrogen and oxygen atoms in total. The van der Waals surface area contributed by atoms with Crippen LogP contribution in [0.1, 0.15) is 214 Å². The number of nitrogens with zero attached hydrogens (tertiary/aromatic N) is 14. The second-order valence-electron chi connectivity index (χ2n) is 32.4. The number of carbonyl (C=O) groups excluding carboxylic acids is 6. The van der Waals surface area contributed by atoms with Crippen LogP contribution >= 0.6 is 34.8 Å². The molecule has 0 unspecified atom stereocenters. The summed E-state index contributed by atoms with van der Waals surface area (Å²) >= 11 is 19.8. The summed E-state index contributed by atoms with van der Waals surface area (Å²) in [6.07, 6.45) is 1.67. The quantitative estimate of drug-likeness (QED) is 0.0376. The first-order chi connectivity index (χ1) is 58.4. The van der Waals surface area contributed by atoms with Crippen molar-refractivity contribution in [3.05, 3.63) is 143 Å². The molecule has 9 heterocycles. The van der Waals surface area contributed by atoms with Gasteiger partial charge in [-0.05, 0) is 150 Å². The van der Waals surface area contributed by atoms with Gasteiger partial charge in [0.1, 0.15) is 89.3 Å². The molecule has 0 bridgehead atoms. The molecule has 122 heavy (non-hydrogen) atoms. The Morgan fingerprint density at radius 3 is 1.31 bits per heavy atom. The molecule has 2 saturated carbocycles. The van der Waals surface area contributed by atoms with Crippen LogP contribution in [0.15, 0.2) is 54.6 Å². The van der Waals surface area contributed by atoms with E-state index in [9.17, 15) is 65.0 Å². The minimum atomic E-state index is -2.81. The molecule has 7 aromatic rings. The first-order valence-electron chi connectivity index (χ1n) is 41.1. The molecule has 15 rings (SSSR count). The lowest BCUT2D eigenvalue weighted by Crippen LogP contribution is -2.53. The summed E-state index contributed by atoms with van der Waals surface area (Å²) < 4.78 is 119. The number of methoxy groups -OCH3 is 2. The molecule has 8 aliphatic rings. The molecule has 7 atom stereocenters. The molecule has 2 N–H and O–H groups in total. The van der Waals surface area contributed by atoms with Gasteiger partial charge in [-0.3, -0.25) is 33.6 Å². The van der Waals surface area contributed by atoms with Gasteiger partial charge in [0.15, 0.2) is 0 Å². The third kappa shape index (κ3) is 18.9. The van der Waals surface area contributed by atoms with Crippen LogP contribution in [0.4, 0.5) is 26.3 Å². The van der Waals surface area contributed by atoms with Crippen LogP contribution in [0, 0.1) is 22.7 Å². The summed E-state index contributed by atoms with van der Waals surface area (Å²) in [7, 11) is 7.28. The first-order valence-corrected chi connectivity index (χ1v) is 42.2. The van der Waals surface area contributed by atoms with E-state index in [0.717, 1.165) is 87.9 Å². The molecular weight excluding hydrogens is 1660 g/mol. The summed E-state index contributed by atoms with van der Waals surface area (Å²) in [5, 5.41) is 37.8. The number of aryl methyl sites for hydroxylation is 3. The predicted octanol–water partition coefficient (Wildman–Crippen LogP) is 13.1. The number of hydrogen-bond acceptors (Lipinski definition) is 20. The zero-order valence-electron chi connectivity index (χ0n) is 68.9. The molecule has 38 heteroatoms. The van der Waals surface area contributed by atoms with Crippen LogP contribution in [-0.4, -0.2) is 189 Å². The van der Waals surface area contributed by atoms with Crippen molar-refractivity contribution < 1.29 is 93.4 Å². The highest BCUT2D eigenvalue weighted by Crippen LogP contribution is 2.51. The highest BCUT2D eigenvalue weighted by Gasteiger charge is 2.53. The molecule has 3 aromatic heterocycles. The molecule has 6 aliphatic heterocycles. The number of ether oxygens (including phenoxy) is 6. The molecule has 5 fully saturated rings. The number of amides is 5. The Morgan fingerprint density at radius 2 is 0.910 bits per heavy atom. The second kappa shape index (κ2) is 38.8.